The van der Waals surface area contributed by atoms with Crippen LogP contribution >= 0.6 is 11.3 Å². The Kier molecular flexibility index (Phi) is 4.86. The van der Waals surface area contributed by atoms with E-state index in [2.05, 4.69) is 15.4 Å². The van der Waals surface area contributed by atoms with Crippen molar-refractivity contribution in [3.8, 4) is 0 Å². The van der Waals surface area contributed by atoms with E-state index < -0.39 is 0 Å². The molecule has 1 aromatic heterocycles. The molecule has 1 N–H and O–H groups in total. The number of nitrogens with zero attached hydrogens (tertiary/aromatic N) is 3. The van der Waals surface area contributed by atoms with Crippen molar-refractivity contribution in [1.82, 2.24) is 9.78 Å². The molecular weight excluding hydrogens is 320 g/mol. The van der Waals surface area contributed by atoms with Crippen molar-refractivity contribution < 1.29 is 4.79 Å². The number of hydrogen-bond donors (Lipinski definition) is 1. The summed E-state index contributed by atoms with van der Waals surface area (Å²) in [6, 6.07) is 17.7. The number of carbonyl (C=O) groups excluding carboxylic acids is 1. The number of aryl methyl sites for hydroxylation is 2. The van der Waals surface area contributed by atoms with E-state index in [4.69, 9.17) is 0 Å². The second kappa shape index (κ2) is 7.23. The molecule has 0 saturated carbocycles. The molecule has 0 spiro atoms. The summed E-state index contributed by atoms with van der Waals surface area (Å²) in [5, 5.41) is 7.51. The van der Waals surface area contributed by atoms with Crippen LogP contribution in [0.1, 0.15) is 20.9 Å². The quantitative estimate of drug-likeness (QED) is 0.794. The van der Waals surface area contributed by atoms with Gasteiger partial charge in [0, 0.05) is 12.7 Å². The van der Waals surface area contributed by atoms with Crippen LogP contribution in [0.4, 0.5) is 5.69 Å². The molecule has 1 heterocycles. The van der Waals surface area contributed by atoms with Crippen molar-refractivity contribution in [2.75, 3.05) is 5.32 Å². The van der Waals surface area contributed by atoms with Crippen LogP contribution in [0.2, 0.25) is 0 Å². The molecule has 2 aromatic carbocycles. The van der Waals surface area contributed by atoms with Gasteiger partial charge in [0.05, 0.1) is 6.54 Å². The maximum atomic E-state index is 12.3. The van der Waals surface area contributed by atoms with E-state index in [0.29, 0.717) is 16.4 Å². The van der Waals surface area contributed by atoms with E-state index in [9.17, 15) is 4.79 Å². The van der Waals surface area contributed by atoms with Crippen molar-refractivity contribution in [1.29, 1.82) is 0 Å². The Morgan fingerprint density at radius 1 is 1.17 bits per heavy atom. The van der Waals surface area contributed by atoms with Crippen molar-refractivity contribution in [2.24, 2.45) is 12.0 Å². The number of hydrogen-bond acceptors (Lipinski definition) is 4. The fourth-order valence-corrected chi connectivity index (χ4v) is 2.92. The molecule has 6 heteroatoms. The molecule has 3 rings (SSSR count). The summed E-state index contributed by atoms with van der Waals surface area (Å²) < 4.78 is 1.64. The summed E-state index contributed by atoms with van der Waals surface area (Å²) in [5.74, 6) is -0.222. The zero-order valence-electron chi connectivity index (χ0n) is 13.6. The van der Waals surface area contributed by atoms with Crippen LogP contribution < -0.4 is 10.1 Å². The van der Waals surface area contributed by atoms with E-state index in [0.717, 1.165) is 16.8 Å². The second-order valence-electron chi connectivity index (χ2n) is 5.44. The second-order valence-corrected chi connectivity index (χ2v) is 6.39. The molecular formula is C18H18N4OS. The molecule has 3 aromatic rings. The molecule has 0 bridgehead atoms. The number of nitrogens with one attached hydrogen (secondary N) is 1. The Bertz CT molecular complexity index is 895. The fraction of sp³-hybridized carbons (Fsp3) is 0.167. The lowest BCUT2D eigenvalue weighted by Gasteiger charge is -2.02. The van der Waals surface area contributed by atoms with Crippen LogP contribution in [-0.4, -0.2) is 15.7 Å². The summed E-state index contributed by atoms with van der Waals surface area (Å²) in [7, 11) is 1.79. The predicted molar refractivity (Wildman–Crippen MR) is 95.9 cm³/mol. The van der Waals surface area contributed by atoms with Crippen molar-refractivity contribution in [3.05, 3.63) is 75.5 Å². The Hall–Kier alpha value is -2.73. The lowest BCUT2D eigenvalue weighted by atomic mass is 10.2. The van der Waals surface area contributed by atoms with Gasteiger partial charge in [-0.2, -0.15) is 5.10 Å². The van der Waals surface area contributed by atoms with Crippen molar-refractivity contribution in [2.45, 2.75) is 13.5 Å². The van der Waals surface area contributed by atoms with E-state index in [1.165, 1.54) is 11.3 Å². The maximum absolute atomic E-state index is 12.3. The third-order valence-electron chi connectivity index (χ3n) is 3.45. The van der Waals surface area contributed by atoms with Gasteiger partial charge < -0.3 is 5.32 Å². The standard InChI is InChI=1S/C18H18N4OS/c1-13-8-10-15(11-9-13)20-16(23)17-21-22(2)18(24-17)19-12-14-6-4-3-5-7-14/h3-11H,12H2,1-2H3,(H,20,23). The van der Waals surface area contributed by atoms with Gasteiger partial charge in [0.2, 0.25) is 9.81 Å². The van der Waals surface area contributed by atoms with Crippen LogP contribution in [-0.2, 0) is 13.6 Å². The summed E-state index contributed by atoms with van der Waals surface area (Å²) in [6.07, 6.45) is 0. The van der Waals surface area contributed by atoms with Gasteiger partial charge in [-0.25, -0.2) is 4.68 Å². The van der Waals surface area contributed by atoms with E-state index in [1.807, 2.05) is 61.5 Å². The molecule has 0 aliphatic heterocycles. The lowest BCUT2D eigenvalue weighted by molar-refractivity contribution is 0.102. The average molecular weight is 338 g/mol. The summed E-state index contributed by atoms with van der Waals surface area (Å²) in [6.45, 7) is 2.57. The number of benzene rings is 2. The number of rotatable bonds is 4. The van der Waals surface area contributed by atoms with Crippen LogP contribution in [0.5, 0.6) is 0 Å². The Morgan fingerprint density at radius 3 is 2.58 bits per heavy atom. The normalized spacial score (nSPS) is 11.5. The van der Waals surface area contributed by atoms with Crippen LogP contribution in [0, 0.1) is 6.92 Å². The smallest absolute Gasteiger partial charge is 0.286 e. The van der Waals surface area contributed by atoms with Gasteiger partial charge in [-0.3, -0.25) is 9.79 Å². The molecule has 0 saturated heterocycles. The molecule has 1 amide bonds. The molecule has 5 nitrogen and oxygen atoms in total. The Morgan fingerprint density at radius 2 is 1.88 bits per heavy atom. The molecule has 0 aliphatic carbocycles. The Labute approximate surface area is 144 Å². The van der Waals surface area contributed by atoms with Gasteiger partial charge in [-0.1, -0.05) is 59.4 Å². The molecule has 0 fully saturated rings. The molecule has 0 aliphatic rings. The monoisotopic (exact) mass is 338 g/mol. The highest BCUT2D eigenvalue weighted by Crippen LogP contribution is 2.11. The van der Waals surface area contributed by atoms with Gasteiger partial charge in [-0.15, -0.1) is 0 Å². The van der Waals surface area contributed by atoms with Gasteiger partial charge in [-0.05, 0) is 24.6 Å². The third-order valence-corrected chi connectivity index (χ3v) is 4.49. The van der Waals surface area contributed by atoms with E-state index in [-0.39, 0.29) is 5.91 Å². The highest BCUT2D eigenvalue weighted by Gasteiger charge is 2.12. The summed E-state index contributed by atoms with van der Waals surface area (Å²) in [5.41, 5.74) is 3.03. The first kappa shape index (κ1) is 16.1. The number of aromatic nitrogens is 2. The first-order valence-electron chi connectivity index (χ1n) is 7.58. The highest BCUT2D eigenvalue weighted by atomic mass is 32.1. The average Bonchev–Trinajstić information content (AvgIpc) is 2.97. The lowest BCUT2D eigenvalue weighted by Crippen LogP contribution is -2.13. The summed E-state index contributed by atoms with van der Waals surface area (Å²) >= 11 is 1.28. The molecule has 0 unspecified atom stereocenters. The number of carbonyl (C=O) groups is 1. The molecule has 0 radical (unpaired) electrons. The maximum Gasteiger partial charge on any atom is 0.286 e. The van der Waals surface area contributed by atoms with Crippen molar-refractivity contribution in [3.63, 3.8) is 0 Å². The minimum absolute atomic E-state index is 0.222. The summed E-state index contributed by atoms with van der Waals surface area (Å²) in [4.78, 5) is 17.6. The van der Waals surface area contributed by atoms with Gasteiger partial charge >= 0.3 is 0 Å². The van der Waals surface area contributed by atoms with Gasteiger partial charge in [0.1, 0.15) is 0 Å². The van der Waals surface area contributed by atoms with Gasteiger partial charge in [0.25, 0.3) is 5.91 Å². The van der Waals surface area contributed by atoms with E-state index in [1.54, 1.807) is 11.7 Å². The zero-order chi connectivity index (χ0) is 16.9. The molecule has 0 atom stereocenters. The van der Waals surface area contributed by atoms with E-state index >= 15 is 0 Å². The SMILES string of the molecule is Cc1ccc(NC(=O)c2nn(C)c(=NCc3ccccc3)s2)cc1. The van der Waals surface area contributed by atoms with Gasteiger partial charge in [0.15, 0.2) is 0 Å². The molecule has 122 valence electrons. The fourth-order valence-electron chi connectivity index (χ4n) is 2.14. The predicted octanol–water partition coefficient (Wildman–Crippen LogP) is 3.14. The largest absolute Gasteiger partial charge is 0.320 e. The minimum atomic E-state index is -0.222. The first-order chi connectivity index (χ1) is 11.6. The van der Waals surface area contributed by atoms with Crippen LogP contribution in [0.15, 0.2) is 59.6 Å². The first-order valence-corrected chi connectivity index (χ1v) is 8.40. The third kappa shape index (κ3) is 3.97. The Balaban J connectivity index is 1.75. The minimum Gasteiger partial charge on any atom is -0.320 e. The molecule has 24 heavy (non-hydrogen) atoms. The number of amides is 1. The van der Waals surface area contributed by atoms with Crippen LogP contribution in [0.3, 0.4) is 0 Å². The van der Waals surface area contributed by atoms with Crippen LogP contribution in [0.25, 0.3) is 0 Å². The topological polar surface area (TPSA) is 59.3 Å². The zero-order valence-corrected chi connectivity index (χ0v) is 14.4. The van der Waals surface area contributed by atoms with Crippen molar-refractivity contribution >= 4 is 22.9 Å². The highest BCUT2D eigenvalue weighted by molar-refractivity contribution is 7.11. The number of anilines is 1.